The van der Waals surface area contributed by atoms with E-state index < -0.39 is 123 Å². The fourth-order valence-electron chi connectivity index (χ4n) is 9.82. The van der Waals surface area contributed by atoms with Crippen molar-refractivity contribution < 1.29 is 105 Å². The normalized spacial score (nSPS) is 39.0. The second kappa shape index (κ2) is 29.1. The lowest BCUT2D eigenvalue weighted by molar-refractivity contribution is -0.384. The van der Waals surface area contributed by atoms with Crippen molar-refractivity contribution in [2.24, 2.45) is 0 Å². The van der Waals surface area contributed by atoms with Crippen molar-refractivity contribution in [1.82, 2.24) is 0 Å². The maximum absolute atomic E-state index is 10.3. The summed E-state index contributed by atoms with van der Waals surface area (Å²) in [7, 11) is 16.9. The van der Waals surface area contributed by atoms with E-state index in [0.29, 0.717) is 0 Å². The van der Waals surface area contributed by atoms with Crippen LogP contribution in [0, 0.1) is 0 Å². The van der Waals surface area contributed by atoms with Crippen molar-refractivity contribution in [2.45, 2.75) is 155 Å². The molecule has 5 rings (SSSR count). The van der Waals surface area contributed by atoms with Gasteiger partial charge in [-0.3, -0.25) is 0 Å². The van der Waals surface area contributed by atoms with Crippen molar-refractivity contribution >= 4 is 0 Å². The van der Waals surface area contributed by atoms with E-state index in [2.05, 4.69) is 0 Å². The van der Waals surface area contributed by atoms with Crippen molar-refractivity contribution in [1.29, 1.82) is 0 Å². The highest BCUT2D eigenvalue weighted by molar-refractivity contribution is 5.22. The zero-order valence-electron chi connectivity index (χ0n) is 41.3. The van der Waals surface area contributed by atoms with E-state index in [4.69, 9.17) is 90.0 Å². The van der Waals surface area contributed by atoms with Crippen LogP contribution in [0.1, 0.15) is 30.4 Å². The first-order chi connectivity index (χ1) is 33.1. The van der Waals surface area contributed by atoms with Crippen molar-refractivity contribution in [3.63, 3.8) is 0 Å². The first-order valence-electron chi connectivity index (χ1n) is 23.0. The van der Waals surface area contributed by atoms with Crippen LogP contribution in [0.4, 0.5) is 0 Å². The number of hydrogen-bond donors (Lipinski definition) is 3. The Hall–Kier alpha value is -1.66. The van der Waals surface area contributed by atoms with E-state index in [0.717, 1.165) is 11.1 Å². The monoisotopic (exact) mass is 982 g/mol. The van der Waals surface area contributed by atoms with Crippen LogP contribution in [0.25, 0.3) is 0 Å². The molecule has 394 valence electrons. The molecule has 20 atom stereocenters. The van der Waals surface area contributed by atoms with Crippen LogP contribution in [-0.2, 0) is 103 Å². The van der Waals surface area contributed by atoms with Gasteiger partial charge in [0.15, 0.2) is 25.2 Å². The molecule has 1 aromatic carbocycles. The van der Waals surface area contributed by atoms with Crippen LogP contribution in [0.2, 0.25) is 0 Å². The number of aliphatic hydroxyl groups excluding tert-OH is 3. The van der Waals surface area contributed by atoms with Gasteiger partial charge in [-0.05, 0) is 30.4 Å². The van der Waals surface area contributed by atoms with Crippen molar-refractivity contribution in [3.05, 3.63) is 35.4 Å². The van der Waals surface area contributed by atoms with Crippen molar-refractivity contribution in [3.8, 4) is 0 Å². The summed E-state index contributed by atoms with van der Waals surface area (Å²) in [5.41, 5.74) is 1.67. The van der Waals surface area contributed by atoms with Gasteiger partial charge in [-0.25, -0.2) is 0 Å². The van der Waals surface area contributed by atoms with E-state index in [-0.39, 0.29) is 58.9 Å². The number of rotatable bonds is 28. The number of methoxy groups -OCH3 is 11. The summed E-state index contributed by atoms with van der Waals surface area (Å²) in [6, 6.07) is 7.69. The van der Waals surface area contributed by atoms with Gasteiger partial charge >= 0.3 is 0 Å². The predicted molar refractivity (Wildman–Crippen MR) is 235 cm³/mol. The van der Waals surface area contributed by atoms with E-state index in [9.17, 15) is 15.3 Å². The number of benzene rings is 1. The average Bonchev–Trinajstić information content (AvgIpc) is 3.35. The molecule has 68 heavy (non-hydrogen) atoms. The van der Waals surface area contributed by atoms with Crippen LogP contribution in [-0.4, -0.2) is 243 Å². The molecule has 0 bridgehead atoms. The van der Waals surface area contributed by atoms with Crippen LogP contribution in [0.15, 0.2) is 24.3 Å². The summed E-state index contributed by atoms with van der Waals surface area (Å²) in [6.45, 7) is -0.108. The first kappa shape index (κ1) is 57.2. The van der Waals surface area contributed by atoms with Gasteiger partial charge in [0, 0.05) is 98.0 Å². The smallest absolute Gasteiger partial charge is 0.187 e. The molecule has 4 saturated heterocycles. The second-order valence-electron chi connectivity index (χ2n) is 16.8. The minimum Gasteiger partial charge on any atom is -0.396 e. The topological polar surface area (TPSA) is 236 Å². The van der Waals surface area contributed by atoms with Crippen LogP contribution in [0.5, 0.6) is 0 Å². The quantitative estimate of drug-likeness (QED) is 0.103. The Morgan fingerprint density at radius 1 is 0.382 bits per heavy atom. The Labute approximate surface area is 400 Å². The number of aliphatic hydroxyl groups is 3. The van der Waals surface area contributed by atoms with Crippen LogP contribution in [0.3, 0.4) is 0 Å². The highest BCUT2D eigenvalue weighted by atomic mass is 16.8. The summed E-state index contributed by atoms with van der Waals surface area (Å²) in [4.78, 5) is 0. The third-order valence-corrected chi connectivity index (χ3v) is 13.1. The maximum atomic E-state index is 10.3. The van der Waals surface area contributed by atoms with Gasteiger partial charge in [-0.2, -0.15) is 0 Å². The molecule has 4 aliphatic rings. The molecule has 4 heterocycles. The molecule has 4 fully saturated rings. The summed E-state index contributed by atoms with van der Waals surface area (Å²) < 4.78 is 116. The fourth-order valence-corrected chi connectivity index (χ4v) is 9.82. The zero-order valence-corrected chi connectivity index (χ0v) is 41.3. The molecule has 0 aliphatic carbocycles. The van der Waals surface area contributed by atoms with Gasteiger partial charge in [0.25, 0.3) is 0 Å². The fraction of sp³-hybridized carbons (Fsp3) is 0.870. The average molecular weight is 983 g/mol. The molecule has 0 saturated carbocycles. The summed E-state index contributed by atoms with van der Waals surface area (Å²) in [6.07, 6.45) is -14.7. The third-order valence-electron chi connectivity index (χ3n) is 13.1. The molecule has 22 heteroatoms. The Kier molecular flexibility index (Phi) is 24.5. The molecule has 9 unspecified atom stereocenters. The molecule has 0 aromatic heterocycles. The lowest BCUT2D eigenvalue weighted by atomic mass is 9.93. The maximum Gasteiger partial charge on any atom is 0.187 e. The Morgan fingerprint density at radius 3 is 1.04 bits per heavy atom. The lowest BCUT2D eigenvalue weighted by Gasteiger charge is -2.51. The third kappa shape index (κ3) is 13.5. The van der Waals surface area contributed by atoms with Crippen LogP contribution >= 0.6 is 0 Å². The molecular weight excluding hydrogens is 904 g/mol. The van der Waals surface area contributed by atoms with Gasteiger partial charge in [0.05, 0.1) is 38.1 Å². The van der Waals surface area contributed by atoms with Gasteiger partial charge < -0.3 is 105 Å². The zero-order chi connectivity index (χ0) is 49.3. The predicted octanol–water partition coefficient (Wildman–Crippen LogP) is 0.333. The Bertz CT molecular complexity index is 1530. The number of ether oxygens (including phenoxy) is 19. The molecule has 4 aliphatic heterocycles. The van der Waals surface area contributed by atoms with Gasteiger partial charge in [-0.1, -0.05) is 24.3 Å². The second-order valence-corrected chi connectivity index (χ2v) is 16.8. The van der Waals surface area contributed by atoms with E-state index in [1.54, 1.807) is 28.4 Å². The van der Waals surface area contributed by atoms with Gasteiger partial charge in [-0.15, -0.1) is 0 Å². The molecule has 0 radical (unpaired) electrons. The SMILES string of the molecule is COCC1O[C@@H](OCc2cccc(CO[C@@H]3OC(CCO)[C@@H](O[C@H]4OC(CCO)[C@@H](O[C@H]5OC(CCO)[C@@H](OC)[C@@H](OC)C5OC)[C@@H](OC)C4OC)[C@@H](OC)C3OC)c2)C(OC)C(OC)[C@@H]1OC. The lowest BCUT2D eigenvalue weighted by Crippen LogP contribution is -2.67. The minimum absolute atomic E-state index is 0.110. The molecular formula is C46H78O22. The highest BCUT2D eigenvalue weighted by Gasteiger charge is 2.56. The molecule has 3 N–H and O–H groups in total. The van der Waals surface area contributed by atoms with Gasteiger partial charge in [0.1, 0.15) is 79.4 Å². The molecule has 0 amide bonds. The van der Waals surface area contributed by atoms with Crippen molar-refractivity contribution in [2.75, 3.05) is 105 Å². The summed E-state index contributed by atoms with van der Waals surface area (Å²) >= 11 is 0. The standard InChI is InChI=1S/C46H78O22/c1-50-24-30-32(52-3)36(54-5)39(57-8)44(66-30)62-23-26-14-12-13-25(21-26)22-61-43-40(58-9)37(55-6)33(28(63-43)16-19-48)67-46-42(60-11)38(56-7)34(29(65-46)17-20-49)68-45-41(59-10)35(53-4)31(51-2)27(64-45)15-18-47/h12-14,21,27-49H,15-20,22-24H2,1-11H3/t27?,28?,29?,30?,31-,32-,33-,34-,35-,36?,37-,38-,39?,40?,41?,42?,43-,44-,45-,46-/m1/s1. The summed E-state index contributed by atoms with van der Waals surface area (Å²) in [5, 5.41) is 30.4. The number of hydrogen-bond acceptors (Lipinski definition) is 22. The Balaban J connectivity index is 1.30. The molecule has 22 nitrogen and oxygen atoms in total. The largest absolute Gasteiger partial charge is 0.396 e. The van der Waals surface area contributed by atoms with Gasteiger partial charge in [0.2, 0.25) is 0 Å². The molecule has 1 aromatic rings. The first-order valence-corrected chi connectivity index (χ1v) is 23.0. The molecule has 0 spiro atoms. The minimum atomic E-state index is -1.13. The van der Waals surface area contributed by atoms with Crippen LogP contribution < -0.4 is 0 Å². The van der Waals surface area contributed by atoms with E-state index in [1.807, 2.05) is 24.3 Å². The summed E-state index contributed by atoms with van der Waals surface area (Å²) in [5.74, 6) is 0. The van der Waals surface area contributed by atoms with E-state index >= 15 is 0 Å². The van der Waals surface area contributed by atoms with E-state index in [1.165, 1.54) is 49.8 Å². The Morgan fingerprint density at radius 2 is 0.691 bits per heavy atom. The highest BCUT2D eigenvalue weighted by Crippen LogP contribution is 2.38.